The normalized spacial score (nSPS) is 14.8. The predicted octanol–water partition coefficient (Wildman–Crippen LogP) is 3.34. The van der Waals surface area contributed by atoms with Crippen LogP contribution in [-0.4, -0.2) is 40.6 Å². The Kier molecular flexibility index (Phi) is 6.21. The molecule has 3 amide bonds. The third-order valence-corrected chi connectivity index (χ3v) is 6.00. The standard InChI is InChI=1S/C24H29N5O2/c1-3-17(2)21(22(30)25-14-13-18-9-5-4-6-10-18)27-24(31)29-16-15-28-20-12-8-7-11-19(20)26-23(28)29/h4-12,17,21H,3,13-16H2,1-2H3,(H,25,30)(H,27,31)/t17?,21-/m0/s1. The summed E-state index contributed by atoms with van der Waals surface area (Å²) in [7, 11) is 0. The van der Waals surface area contributed by atoms with Crippen molar-refractivity contribution in [3.8, 4) is 0 Å². The molecule has 2 N–H and O–H groups in total. The van der Waals surface area contributed by atoms with Crippen molar-refractivity contribution in [3.63, 3.8) is 0 Å². The van der Waals surface area contributed by atoms with E-state index in [1.54, 1.807) is 4.90 Å². The molecule has 2 atom stereocenters. The van der Waals surface area contributed by atoms with Crippen LogP contribution < -0.4 is 15.5 Å². The molecule has 0 aliphatic carbocycles. The highest BCUT2D eigenvalue weighted by atomic mass is 16.2. The van der Waals surface area contributed by atoms with Gasteiger partial charge in [0.15, 0.2) is 0 Å². The van der Waals surface area contributed by atoms with E-state index >= 15 is 0 Å². The number of para-hydroxylation sites is 2. The first kappa shape index (κ1) is 20.9. The van der Waals surface area contributed by atoms with E-state index in [1.807, 2.05) is 73.0 Å². The van der Waals surface area contributed by atoms with Crippen molar-refractivity contribution >= 4 is 28.9 Å². The molecule has 0 bridgehead atoms. The van der Waals surface area contributed by atoms with E-state index in [9.17, 15) is 9.59 Å². The minimum absolute atomic E-state index is 0.0158. The number of imidazole rings is 1. The lowest BCUT2D eigenvalue weighted by atomic mass is 9.98. The maximum atomic E-state index is 13.1. The highest BCUT2D eigenvalue weighted by Crippen LogP contribution is 2.27. The van der Waals surface area contributed by atoms with Gasteiger partial charge in [-0.1, -0.05) is 62.7 Å². The van der Waals surface area contributed by atoms with Gasteiger partial charge in [0, 0.05) is 19.6 Å². The Balaban J connectivity index is 1.42. The van der Waals surface area contributed by atoms with Crippen LogP contribution in [0.1, 0.15) is 25.8 Å². The number of urea groups is 1. The average molecular weight is 420 g/mol. The van der Waals surface area contributed by atoms with Crippen molar-refractivity contribution in [2.45, 2.75) is 39.3 Å². The number of anilines is 1. The van der Waals surface area contributed by atoms with Crippen LogP contribution in [0.4, 0.5) is 10.7 Å². The maximum absolute atomic E-state index is 13.1. The molecule has 1 unspecified atom stereocenters. The first-order chi connectivity index (χ1) is 15.1. The van der Waals surface area contributed by atoms with Crippen LogP contribution in [0, 0.1) is 5.92 Å². The summed E-state index contributed by atoms with van der Waals surface area (Å²) in [6.45, 7) is 5.78. The molecule has 0 fully saturated rings. The van der Waals surface area contributed by atoms with Crippen LogP contribution in [0.25, 0.3) is 11.0 Å². The summed E-state index contributed by atoms with van der Waals surface area (Å²) in [4.78, 5) is 32.3. The van der Waals surface area contributed by atoms with Gasteiger partial charge in [0.25, 0.3) is 0 Å². The van der Waals surface area contributed by atoms with Crippen molar-refractivity contribution in [2.75, 3.05) is 18.0 Å². The smallest absolute Gasteiger partial charge is 0.324 e. The maximum Gasteiger partial charge on any atom is 0.324 e. The van der Waals surface area contributed by atoms with E-state index < -0.39 is 6.04 Å². The van der Waals surface area contributed by atoms with Crippen molar-refractivity contribution < 1.29 is 9.59 Å². The molecule has 0 saturated heterocycles. The van der Waals surface area contributed by atoms with Crippen molar-refractivity contribution in [2.24, 2.45) is 5.92 Å². The summed E-state index contributed by atoms with van der Waals surface area (Å²) in [5.74, 6) is 0.500. The van der Waals surface area contributed by atoms with Gasteiger partial charge in [-0.05, 0) is 30.0 Å². The quantitative estimate of drug-likeness (QED) is 0.616. The van der Waals surface area contributed by atoms with Gasteiger partial charge < -0.3 is 15.2 Å². The largest absolute Gasteiger partial charge is 0.354 e. The molecule has 0 radical (unpaired) electrons. The lowest BCUT2D eigenvalue weighted by Gasteiger charge is -2.26. The number of amides is 3. The number of fused-ring (bicyclic) bond motifs is 3. The Bertz CT molecular complexity index is 1060. The van der Waals surface area contributed by atoms with Crippen LogP contribution in [-0.2, 0) is 17.8 Å². The van der Waals surface area contributed by atoms with Gasteiger partial charge in [-0.25, -0.2) is 9.78 Å². The Morgan fingerprint density at radius 2 is 1.81 bits per heavy atom. The SMILES string of the molecule is CCC(C)[C@H](NC(=O)N1CCn2c1nc1ccccc12)C(=O)NCCc1ccccc1. The van der Waals surface area contributed by atoms with E-state index in [1.165, 1.54) is 5.56 Å². The van der Waals surface area contributed by atoms with Gasteiger partial charge in [0.05, 0.1) is 11.0 Å². The first-order valence-electron chi connectivity index (χ1n) is 10.9. The summed E-state index contributed by atoms with van der Waals surface area (Å²) in [6.07, 6.45) is 1.54. The average Bonchev–Trinajstić information content (AvgIpc) is 3.37. The fraction of sp³-hybridized carbons (Fsp3) is 0.375. The predicted molar refractivity (Wildman–Crippen MR) is 122 cm³/mol. The van der Waals surface area contributed by atoms with Gasteiger partial charge in [0.2, 0.25) is 11.9 Å². The lowest BCUT2D eigenvalue weighted by molar-refractivity contribution is -0.124. The van der Waals surface area contributed by atoms with E-state index in [-0.39, 0.29) is 17.9 Å². The third kappa shape index (κ3) is 4.40. The molecule has 162 valence electrons. The number of rotatable bonds is 7. The molecule has 7 nitrogen and oxygen atoms in total. The molecule has 3 aromatic rings. The number of nitrogens with one attached hydrogen (secondary N) is 2. The summed E-state index contributed by atoms with van der Waals surface area (Å²) in [5, 5.41) is 5.95. The second kappa shape index (κ2) is 9.20. The van der Waals surface area contributed by atoms with Crippen LogP contribution in [0.2, 0.25) is 0 Å². The monoisotopic (exact) mass is 419 g/mol. The second-order valence-corrected chi connectivity index (χ2v) is 8.04. The number of carbonyl (C=O) groups is 2. The molecular weight excluding hydrogens is 390 g/mol. The van der Waals surface area contributed by atoms with Gasteiger partial charge >= 0.3 is 6.03 Å². The van der Waals surface area contributed by atoms with Crippen molar-refractivity contribution in [1.82, 2.24) is 20.2 Å². The molecule has 2 heterocycles. The summed E-state index contributed by atoms with van der Waals surface area (Å²) >= 11 is 0. The van der Waals surface area contributed by atoms with Crippen LogP contribution in [0.15, 0.2) is 54.6 Å². The molecule has 2 aromatic carbocycles. The van der Waals surface area contributed by atoms with E-state index in [4.69, 9.17) is 0 Å². The topological polar surface area (TPSA) is 79.3 Å². The van der Waals surface area contributed by atoms with Crippen molar-refractivity contribution in [1.29, 1.82) is 0 Å². The Morgan fingerprint density at radius 3 is 2.58 bits per heavy atom. The van der Waals surface area contributed by atoms with Gasteiger partial charge in [-0.3, -0.25) is 9.69 Å². The summed E-state index contributed by atoms with van der Waals surface area (Å²) < 4.78 is 2.05. The number of nitrogens with zero attached hydrogens (tertiary/aromatic N) is 3. The lowest BCUT2D eigenvalue weighted by Crippen LogP contribution is -2.54. The minimum Gasteiger partial charge on any atom is -0.354 e. The number of carbonyl (C=O) groups excluding carboxylic acids is 2. The van der Waals surface area contributed by atoms with Crippen LogP contribution in [0.3, 0.4) is 0 Å². The zero-order chi connectivity index (χ0) is 21.8. The van der Waals surface area contributed by atoms with Crippen molar-refractivity contribution in [3.05, 3.63) is 60.2 Å². The van der Waals surface area contributed by atoms with E-state index in [2.05, 4.69) is 15.6 Å². The molecule has 31 heavy (non-hydrogen) atoms. The summed E-state index contributed by atoms with van der Waals surface area (Å²) in [6, 6.07) is 17.0. The van der Waals surface area contributed by atoms with Gasteiger partial charge in [-0.15, -0.1) is 0 Å². The Hall–Kier alpha value is -3.35. The number of hydrogen-bond donors (Lipinski definition) is 2. The molecule has 4 rings (SSSR count). The summed E-state index contributed by atoms with van der Waals surface area (Å²) in [5.41, 5.74) is 3.06. The number of benzene rings is 2. The minimum atomic E-state index is -0.591. The highest BCUT2D eigenvalue weighted by molar-refractivity contribution is 5.96. The second-order valence-electron chi connectivity index (χ2n) is 8.04. The number of hydrogen-bond acceptors (Lipinski definition) is 3. The first-order valence-corrected chi connectivity index (χ1v) is 10.9. The fourth-order valence-corrected chi connectivity index (χ4v) is 3.98. The van der Waals surface area contributed by atoms with E-state index in [0.29, 0.717) is 25.6 Å². The Labute approximate surface area is 182 Å². The van der Waals surface area contributed by atoms with Crippen LogP contribution >= 0.6 is 0 Å². The molecule has 1 aliphatic rings. The molecule has 0 spiro atoms. The molecule has 1 aromatic heterocycles. The zero-order valence-corrected chi connectivity index (χ0v) is 18.0. The molecular formula is C24H29N5O2. The fourth-order valence-electron chi connectivity index (χ4n) is 3.98. The number of aromatic nitrogens is 2. The van der Waals surface area contributed by atoms with Gasteiger partial charge in [0.1, 0.15) is 6.04 Å². The third-order valence-electron chi connectivity index (χ3n) is 6.00. The molecule has 7 heteroatoms. The van der Waals surface area contributed by atoms with Gasteiger partial charge in [-0.2, -0.15) is 0 Å². The highest BCUT2D eigenvalue weighted by Gasteiger charge is 2.32. The molecule has 0 saturated carbocycles. The molecule has 1 aliphatic heterocycles. The Morgan fingerprint density at radius 1 is 1.06 bits per heavy atom. The zero-order valence-electron chi connectivity index (χ0n) is 18.0. The van der Waals surface area contributed by atoms with E-state index in [0.717, 1.165) is 23.9 Å². The van der Waals surface area contributed by atoms with Crippen LogP contribution in [0.5, 0.6) is 0 Å².